The van der Waals surface area contributed by atoms with Gasteiger partial charge in [0.1, 0.15) is 3.74 Å². The number of carbonyl (C=O) groups is 1. The van der Waals surface area contributed by atoms with Gasteiger partial charge in [0.25, 0.3) is 0 Å². The topological polar surface area (TPSA) is 117 Å². The molecule has 140 valence electrons. The fourth-order valence-corrected chi connectivity index (χ4v) is 4.80. The van der Waals surface area contributed by atoms with E-state index in [9.17, 15) is 18.8 Å². The van der Waals surface area contributed by atoms with Crippen LogP contribution < -0.4 is 14.0 Å². The minimum Gasteiger partial charge on any atom is -0.312 e. The fraction of sp³-hybridized carbons (Fsp3) is 0.176. The van der Waals surface area contributed by atoms with Crippen LogP contribution in [0.25, 0.3) is 0 Å². The predicted molar refractivity (Wildman–Crippen MR) is 90.2 cm³/mol. The Morgan fingerprint density at radius 1 is 0.962 bits per heavy atom. The molecule has 0 aliphatic rings. The number of benzene rings is 2. The Morgan fingerprint density at radius 2 is 1.46 bits per heavy atom. The molecule has 0 aromatic heterocycles. The number of hydrogen-bond acceptors (Lipinski definition) is 7. The van der Waals surface area contributed by atoms with Crippen molar-refractivity contribution in [3.05, 3.63) is 71.8 Å². The van der Waals surface area contributed by atoms with Crippen LogP contribution in [-0.4, -0.2) is 29.9 Å². The van der Waals surface area contributed by atoms with Crippen molar-refractivity contribution >= 4 is 22.0 Å². The summed E-state index contributed by atoms with van der Waals surface area (Å²) >= 11 is 0. The summed E-state index contributed by atoms with van der Waals surface area (Å²) in [5.41, 5.74) is 1.25. The lowest BCUT2D eigenvalue weighted by molar-refractivity contribution is -1.91. The molecule has 0 atom stereocenters. The maximum absolute atomic E-state index is 12.1. The van der Waals surface area contributed by atoms with Gasteiger partial charge in [0.05, 0.1) is 27.3 Å². The fourth-order valence-electron chi connectivity index (χ4n) is 2.08. The third-order valence-electron chi connectivity index (χ3n) is 3.09. The summed E-state index contributed by atoms with van der Waals surface area (Å²) in [6, 6.07) is 17.1. The molecular weight excluding hydrogens is 382 g/mol. The molecule has 0 N–H and O–H groups in total. The van der Waals surface area contributed by atoms with Gasteiger partial charge < -0.3 is 4.84 Å². The first kappa shape index (κ1) is 20.4. The summed E-state index contributed by atoms with van der Waals surface area (Å²) in [5.74, 6) is -0.643. The van der Waals surface area contributed by atoms with Gasteiger partial charge in [-0.05, 0) is 12.1 Å². The van der Waals surface area contributed by atoms with Gasteiger partial charge in [-0.25, -0.2) is 4.79 Å². The summed E-state index contributed by atoms with van der Waals surface area (Å²) in [6.07, 6.45) is 3.01. The van der Waals surface area contributed by atoms with Crippen molar-refractivity contribution in [2.45, 2.75) is 0 Å². The summed E-state index contributed by atoms with van der Waals surface area (Å²) in [4.78, 5) is 17.1. The number of halogens is 1. The van der Waals surface area contributed by atoms with Gasteiger partial charge in [0.15, 0.2) is 0 Å². The first-order chi connectivity index (χ1) is 12.2. The largest absolute Gasteiger partial charge is 0.365 e. The van der Waals surface area contributed by atoms with Gasteiger partial charge in [-0.15, -0.1) is 0 Å². The first-order valence-corrected chi connectivity index (χ1v) is 11.2. The lowest BCUT2D eigenvalue weighted by Crippen LogP contribution is -2.61. The van der Waals surface area contributed by atoms with Crippen molar-refractivity contribution in [3.63, 3.8) is 0 Å². The van der Waals surface area contributed by atoms with Crippen LogP contribution in [0.1, 0.15) is 15.9 Å². The minimum absolute atomic E-state index is 0.00749. The van der Waals surface area contributed by atoms with E-state index in [-0.39, 0.29) is 5.75 Å². The second-order valence-corrected chi connectivity index (χ2v) is 10.1. The molecule has 0 bridgehead atoms. The highest BCUT2D eigenvalue weighted by atomic mass is 35.7. The Kier molecular flexibility index (Phi) is 6.76. The van der Waals surface area contributed by atoms with E-state index in [1.807, 2.05) is 0 Å². The highest BCUT2D eigenvalue weighted by molar-refractivity contribution is 8.29. The average Bonchev–Trinajstić information content (AvgIpc) is 2.57. The molecule has 2 aromatic rings. The van der Waals surface area contributed by atoms with Crippen molar-refractivity contribution in [2.24, 2.45) is 5.16 Å². The van der Waals surface area contributed by atoms with Gasteiger partial charge in [0, 0.05) is 28.4 Å². The number of rotatable bonds is 7. The Bertz CT molecular complexity index is 762. The zero-order valence-corrected chi connectivity index (χ0v) is 15.7. The van der Waals surface area contributed by atoms with Crippen LogP contribution >= 0.6 is 10.3 Å². The molecule has 0 amide bonds. The summed E-state index contributed by atoms with van der Waals surface area (Å²) in [7, 11) is -6.91. The van der Waals surface area contributed by atoms with Crippen LogP contribution in [0.3, 0.4) is 0 Å². The Labute approximate surface area is 155 Å². The van der Waals surface area contributed by atoms with Crippen LogP contribution in [0, 0.1) is 10.2 Å². The molecule has 2 aromatic carbocycles. The molecule has 26 heavy (non-hydrogen) atoms. The van der Waals surface area contributed by atoms with Crippen molar-refractivity contribution in [2.75, 3.05) is 18.3 Å². The zero-order chi connectivity index (χ0) is 19.2. The third kappa shape index (κ3) is 6.75. The molecule has 2 rings (SSSR count). The third-order valence-corrected chi connectivity index (χ3v) is 6.04. The molecule has 0 radical (unpaired) electrons. The van der Waals surface area contributed by atoms with E-state index >= 15 is 0 Å². The molecule has 0 saturated carbocycles. The summed E-state index contributed by atoms with van der Waals surface area (Å²) in [5, 5.41) is 3.89. The van der Waals surface area contributed by atoms with Crippen molar-refractivity contribution in [1.29, 1.82) is 0 Å². The Balaban J connectivity index is 2.23. The Morgan fingerprint density at radius 3 is 1.96 bits per heavy atom. The maximum atomic E-state index is 12.1. The van der Waals surface area contributed by atoms with E-state index in [1.165, 1.54) is 12.5 Å². The van der Waals surface area contributed by atoms with E-state index in [1.54, 1.807) is 60.7 Å². The molecule has 0 aliphatic carbocycles. The van der Waals surface area contributed by atoms with Gasteiger partial charge in [-0.3, -0.25) is 0 Å². The van der Waals surface area contributed by atoms with Crippen LogP contribution in [0.5, 0.6) is 0 Å². The van der Waals surface area contributed by atoms with Crippen LogP contribution in [0.4, 0.5) is 0 Å². The van der Waals surface area contributed by atoms with Crippen LogP contribution in [-0.2, 0) is 8.57 Å². The quantitative estimate of drug-likeness (QED) is 0.371. The van der Waals surface area contributed by atoms with Crippen molar-refractivity contribution < 1.29 is 37.6 Å². The van der Waals surface area contributed by atoms with Crippen LogP contribution in [0.15, 0.2) is 65.8 Å². The smallest absolute Gasteiger partial charge is 0.312 e. The van der Waals surface area contributed by atoms with Crippen LogP contribution in [0.2, 0.25) is 0 Å². The normalized spacial score (nSPS) is 13.3. The highest BCUT2D eigenvalue weighted by Gasteiger charge is 2.34. The second kappa shape index (κ2) is 8.63. The molecule has 0 heterocycles. The number of hydrogen-bond donors (Lipinski definition) is 0. The molecule has 9 heteroatoms. The average molecular weight is 400 g/mol. The lowest BCUT2D eigenvalue weighted by Gasteiger charge is -2.26. The molecule has 0 spiro atoms. The first-order valence-electron chi connectivity index (χ1n) is 7.38. The number of oxime groups is 1. The number of carbonyl (C=O) groups excluding carboxylic acids is 1. The maximum Gasteiger partial charge on any atom is 0.365 e. The molecule has 0 saturated heterocycles. The summed E-state index contributed by atoms with van der Waals surface area (Å²) in [6.45, 7) is 0. The zero-order valence-electron chi connectivity index (χ0n) is 14.2. The van der Waals surface area contributed by atoms with E-state index in [0.29, 0.717) is 16.8 Å². The SMILES string of the molecule is CS(C)(CC(=NOC(=O)c1ccccc1)c1ccccc1)O[Cl+3]([O-])([O-])[O-]. The Hall–Kier alpha value is -1.94. The van der Waals surface area contributed by atoms with Gasteiger partial charge in [-0.1, -0.05) is 53.7 Å². The summed E-state index contributed by atoms with van der Waals surface area (Å²) < 4.78 is 37.3. The highest BCUT2D eigenvalue weighted by Crippen LogP contribution is 2.43. The van der Waals surface area contributed by atoms with E-state index in [2.05, 4.69) is 8.89 Å². The molecule has 7 nitrogen and oxygen atoms in total. The van der Waals surface area contributed by atoms with E-state index in [0.717, 1.165) is 0 Å². The second-order valence-electron chi connectivity index (χ2n) is 5.67. The van der Waals surface area contributed by atoms with E-state index < -0.39 is 26.5 Å². The standard InChI is InChI=1S/C17H18ClNO6S/c1-26(2,25-18(21,22)23)13-16(14-9-5-3-6-10-14)19-24-17(20)15-11-7-4-8-12-15/h3-12H,13H2,1-2H3. The molecule has 0 fully saturated rings. The van der Waals surface area contributed by atoms with E-state index in [4.69, 9.17) is 4.84 Å². The van der Waals surface area contributed by atoms with Crippen molar-refractivity contribution in [3.8, 4) is 0 Å². The van der Waals surface area contributed by atoms with Gasteiger partial charge in [0.2, 0.25) is 0 Å². The monoisotopic (exact) mass is 399 g/mol. The molecule has 0 aliphatic heterocycles. The molecular formula is C17H18ClNO6S. The van der Waals surface area contributed by atoms with Gasteiger partial charge in [-0.2, -0.15) is 14.0 Å². The van der Waals surface area contributed by atoms with Crippen molar-refractivity contribution in [1.82, 2.24) is 0 Å². The minimum atomic E-state index is -4.57. The van der Waals surface area contributed by atoms with Gasteiger partial charge >= 0.3 is 5.97 Å². The molecule has 0 unspecified atom stereocenters. The lowest BCUT2D eigenvalue weighted by atomic mass is 10.1. The predicted octanol–water partition coefficient (Wildman–Crippen LogP) is 0.141. The number of nitrogens with zero attached hydrogens (tertiary/aromatic N) is 1.